The van der Waals surface area contributed by atoms with Crippen molar-refractivity contribution in [2.45, 2.75) is 40.4 Å². The van der Waals surface area contributed by atoms with Gasteiger partial charge in [-0.05, 0) is 50.1 Å². The summed E-state index contributed by atoms with van der Waals surface area (Å²) in [7, 11) is 0. The summed E-state index contributed by atoms with van der Waals surface area (Å²) in [5.74, 6) is 0.698. The van der Waals surface area contributed by atoms with Crippen LogP contribution in [0.4, 0.5) is 11.6 Å². The minimum Gasteiger partial charge on any atom is -0.298 e. The first-order valence-corrected chi connectivity index (χ1v) is 11.6. The monoisotopic (exact) mass is 451 g/mol. The molecule has 0 spiro atoms. The van der Waals surface area contributed by atoms with E-state index in [0.717, 1.165) is 33.8 Å². The predicted molar refractivity (Wildman–Crippen MR) is 135 cm³/mol. The van der Waals surface area contributed by atoms with Crippen LogP contribution in [0.5, 0.6) is 0 Å². The van der Waals surface area contributed by atoms with Crippen molar-refractivity contribution in [1.29, 1.82) is 0 Å². The first kappa shape index (κ1) is 22.0. The molecule has 0 saturated heterocycles. The van der Waals surface area contributed by atoms with E-state index in [1.165, 1.54) is 5.56 Å². The average molecular weight is 452 g/mol. The van der Waals surface area contributed by atoms with Crippen LogP contribution < -0.4 is 10.5 Å². The highest BCUT2D eigenvalue weighted by Gasteiger charge is 2.29. The summed E-state index contributed by atoms with van der Waals surface area (Å²) in [6.07, 6.45) is 2.38. The second-order valence-electron chi connectivity index (χ2n) is 9.02. The predicted octanol–water partition coefficient (Wildman–Crippen LogP) is 4.72. The maximum Gasteiger partial charge on any atom is 0.259 e. The van der Waals surface area contributed by atoms with Gasteiger partial charge >= 0.3 is 0 Å². The zero-order valence-electron chi connectivity index (χ0n) is 19.9. The highest BCUT2D eigenvalue weighted by atomic mass is 16.1. The number of hydrogen-bond donors (Lipinski definition) is 0. The molecule has 0 radical (unpaired) electrons. The molecule has 0 saturated carbocycles. The molecule has 3 heterocycles. The van der Waals surface area contributed by atoms with Gasteiger partial charge in [-0.1, -0.05) is 54.1 Å². The Morgan fingerprint density at radius 3 is 2.44 bits per heavy atom. The van der Waals surface area contributed by atoms with Gasteiger partial charge in [-0.25, -0.2) is 4.98 Å². The summed E-state index contributed by atoms with van der Waals surface area (Å²) in [6.45, 7) is 7.90. The number of aryl methyl sites for hydroxylation is 3. The van der Waals surface area contributed by atoms with E-state index >= 15 is 0 Å². The Labute approximate surface area is 200 Å². The van der Waals surface area contributed by atoms with Gasteiger partial charge in [-0.3, -0.25) is 24.1 Å². The van der Waals surface area contributed by atoms with Gasteiger partial charge in [0.1, 0.15) is 0 Å². The van der Waals surface area contributed by atoms with Crippen molar-refractivity contribution in [3.8, 4) is 0 Å². The van der Waals surface area contributed by atoms with Gasteiger partial charge in [-0.15, -0.1) is 0 Å². The number of fused-ring (bicyclic) bond motifs is 1. The van der Waals surface area contributed by atoms with Gasteiger partial charge < -0.3 is 0 Å². The third-order valence-electron chi connectivity index (χ3n) is 6.35. The summed E-state index contributed by atoms with van der Waals surface area (Å²) in [6, 6.07) is 22.5. The van der Waals surface area contributed by atoms with Crippen LogP contribution in [0.25, 0.3) is 0 Å². The lowest BCUT2D eigenvalue weighted by Gasteiger charge is -2.39. The summed E-state index contributed by atoms with van der Waals surface area (Å²) < 4.78 is 1.82. The van der Waals surface area contributed by atoms with Crippen LogP contribution in [-0.2, 0) is 19.6 Å². The summed E-state index contributed by atoms with van der Waals surface area (Å²) in [4.78, 5) is 27.7. The van der Waals surface area contributed by atoms with Crippen molar-refractivity contribution < 1.29 is 0 Å². The molecule has 1 aliphatic heterocycles. The number of pyridine rings is 1. The fraction of sp³-hybridized carbons (Fsp3) is 0.250. The Bertz CT molecular complexity index is 1370. The normalized spacial score (nSPS) is 13.7. The number of nitrogens with zero attached hydrogens (tertiary/aromatic N) is 5. The summed E-state index contributed by atoms with van der Waals surface area (Å²) in [5.41, 5.74) is 7.07. The van der Waals surface area contributed by atoms with Crippen molar-refractivity contribution in [2.75, 3.05) is 11.6 Å². The van der Waals surface area contributed by atoms with E-state index in [1.807, 2.05) is 54.1 Å². The molecule has 34 heavy (non-hydrogen) atoms. The van der Waals surface area contributed by atoms with E-state index in [9.17, 15) is 4.79 Å². The largest absolute Gasteiger partial charge is 0.298 e. The molecule has 2 aromatic carbocycles. The van der Waals surface area contributed by atoms with Crippen molar-refractivity contribution in [2.24, 2.45) is 0 Å². The topological polar surface area (TPSA) is 54.3 Å². The van der Waals surface area contributed by atoms with Gasteiger partial charge in [0.15, 0.2) is 0 Å². The highest BCUT2D eigenvalue weighted by Crippen LogP contribution is 2.31. The molecule has 172 valence electrons. The lowest BCUT2D eigenvalue weighted by Crippen LogP contribution is -2.48. The van der Waals surface area contributed by atoms with Crippen LogP contribution in [-0.4, -0.2) is 26.1 Å². The third-order valence-corrected chi connectivity index (χ3v) is 6.35. The van der Waals surface area contributed by atoms with Crippen LogP contribution >= 0.6 is 0 Å². The van der Waals surface area contributed by atoms with Crippen molar-refractivity contribution in [3.05, 3.63) is 117 Å². The first-order chi connectivity index (χ1) is 16.5. The molecule has 5 rings (SSSR count). The van der Waals surface area contributed by atoms with Gasteiger partial charge in [0.05, 0.1) is 24.7 Å². The van der Waals surface area contributed by atoms with Crippen LogP contribution in [0.3, 0.4) is 0 Å². The average Bonchev–Trinajstić information content (AvgIpc) is 2.83. The lowest BCUT2D eigenvalue weighted by molar-refractivity contribution is 0.187. The quantitative estimate of drug-likeness (QED) is 0.439. The zero-order chi connectivity index (χ0) is 23.7. The molecule has 6 nitrogen and oxygen atoms in total. The van der Waals surface area contributed by atoms with Crippen molar-refractivity contribution in [1.82, 2.24) is 19.4 Å². The van der Waals surface area contributed by atoms with Gasteiger partial charge in [0.2, 0.25) is 5.95 Å². The molecule has 0 aliphatic carbocycles. The molecule has 1 aliphatic rings. The molecule has 0 N–H and O–H groups in total. The molecule has 0 amide bonds. The van der Waals surface area contributed by atoms with Gasteiger partial charge in [0.25, 0.3) is 5.56 Å². The number of benzene rings is 2. The van der Waals surface area contributed by atoms with E-state index in [-0.39, 0.29) is 5.56 Å². The lowest BCUT2D eigenvalue weighted by atomic mass is 10.0. The fourth-order valence-corrected chi connectivity index (χ4v) is 4.64. The fourth-order valence-electron chi connectivity index (χ4n) is 4.64. The Hall–Kier alpha value is -3.77. The molecule has 0 fully saturated rings. The highest BCUT2D eigenvalue weighted by molar-refractivity contribution is 5.63. The van der Waals surface area contributed by atoms with Crippen LogP contribution in [0.1, 0.15) is 33.6 Å². The molecule has 6 heteroatoms. The minimum absolute atomic E-state index is 0.0202. The van der Waals surface area contributed by atoms with E-state index in [1.54, 1.807) is 0 Å². The van der Waals surface area contributed by atoms with E-state index in [4.69, 9.17) is 4.98 Å². The van der Waals surface area contributed by atoms with Crippen molar-refractivity contribution in [3.63, 3.8) is 0 Å². The van der Waals surface area contributed by atoms with Gasteiger partial charge in [-0.2, -0.15) is 0 Å². The molecule has 2 aromatic heterocycles. The van der Waals surface area contributed by atoms with E-state index in [0.29, 0.717) is 32.3 Å². The van der Waals surface area contributed by atoms with E-state index < -0.39 is 0 Å². The molecular weight excluding hydrogens is 422 g/mol. The van der Waals surface area contributed by atoms with E-state index in [2.05, 4.69) is 59.0 Å². The Morgan fingerprint density at radius 1 is 0.912 bits per heavy atom. The summed E-state index contributed by atoms with van der Waals surface area (Å²) in [5, 5.41) is 0. The smallest absolute Gasteiger partial charge is 0.259 e. The molecule has 4 aromatic rings. The number of aromatic nitrogens is 3. The number of rotatable bonds is 5. The Morgan fingerprint density at radius 2 is 1.71 bits per heavy atom. The SMILES string of the molecule is Cc1ccc(N2CN(Cc3ccccn3)Cn3c2nc(C)c(Cc2ccccc2)c3=O)c(C)c1. The summed E-state index contributed by atoms with van der Waals surface area (Å²) >= 11 is 0. The zero-order valence-corrected chi connectivity index (χ0v) is 19.9. The Kier molecular flexibility index (Phi) is 5.99. The number of anilines is 2. The molecule has 0 unspecified atom stereocenters. The van der Waals surface area contributed by atoms with Gasteiger partial charge in [0, 0.05) is 30.4 Å². The van der Waals surface area contributed by atoms with Crippen LogP contribution in [0, 0.1) is 20.8 Å². The third kappa shape index (κ3) is 4.37. The minimum atomic E-state index is 0.0202. The maximum atomic E-state index is 13.8. The van der Waals surface area contributed by atoms with Crippen LogP contribution in [0.2, 0.25) is 0 Å². The maximum absolute atomic E-state index is 13.8. The molecular formula is C28H29N5O. The first-order valence-electron chi connectivity index (χ1n) is 11.6. The number of hydrogen-bond acceptors (Lipinski definition) is 5. The second kappa shape index (κ2) is 9.23. The van der Waals surface area contributed by atoms with Crippen LogP contribution in [0.15, 0.2) is 77.7 Å². The Balaban J connectivity index is 1.60. The standard InChI is InChI=1S/C28H29N5O/c1-20-12-13-26(21(2)15-20)32-18-31(17-24-11-7-8-14-29-24)19-33-27(34)25(22(3)30-28(32)33)16-23-9-5-4-6-10-23/h4-15H,16-19H2,1-3H3. The molecule has 0 atom stereocenters. The second-order valence-corrected chi connectivity index (χ2v) is 9.02. The van der Waals surface area contributed by atoms with Crippen molar-refractivity contribution >= 4 is 11.6 Å². The molecule has 0 bridgehead atoms.